The van der Waals surface area contributed by atoms with Gasteiger partial charge in [-0.05, 0) is 35.9 Å². The predicted molar refractivity (Wildman–Crippen MR) is 85.6 cm³/mol. The highest BCUT2D eigenvalue weighted by Gasteiger charge is 2.31. The highest BCUT2D eigenvalue weighted by molar-refractivity contribution is 6.33. The molecule has 0 fully saturated rings. The zero-order chi connectivity index (χ0) is 15.0. The fourth-order valence-electron chi connectivity index (χ4n) is 2.21. The van der Waals surface area contributed by atoms with Crippen LogP contribution in [0.15, 0.2) is 36.4 Å². The third-order valence-corrected chi connectivity index (χ3v) is 3.75. The molecule has 0 unspecified atom stereocenters. The molecule has 0 radical (unpaired) electrons. The first-order valence-electron chi connectivity index (χ1n) is 6.63. The molecule has 0 saturated heterocycles. The summed E-state index contributed by atoms with van der Waals surface area (Å²) >= 11 is 12.1. The van der Waals surface area contributed by atoms with Gasteiger partial charge in [-0.2, -0.15) is 0 Å². The van der Waals surface area contributed by atoms with Crippen LogP contribution in [0, 0.1) is 0 Å². The van der Waals surface area contributed by atoms with Crippen LogP contribution in [-0.2, 0) is 6.54 Å². The summed E-state index contributed by atoms with van der Waals surface area (Å²) < 4.78 is 11.4. The second-order valence-electron chi connectivity index (χ2n) is 5.35. The first-order valence-corrected chi connectivity index (χ1v) is 7.38. The first kappa shape index (κ1) is 14.4. The summed E-state index contributed by atoms with van der Waals surface area (Å²) in [5, 5.41) is 4.67. The maximum Gasteiger partial charge on any atom is 0.246 e. The van der Waals surface area contributed by atoms with Crippen molar-refractivity contribution in [3.63, 3.8) is 0 Å². The van der Waals surface area contributed by atoms with Crippen LogP contribution >= 0.6 is 23.2 Å². The largest absolute Gasteiger partial charge is 0.449 e. The van der Waals surface area contributed by atoms with Crippen LogP contribution in [0.25, 0.3) is 0 Å². The van der Waals surface area contributed by atoms with Gasteiger partial charge in [0.25, 0.3) is 0 Å². The Kier molecular flexibility index (Phi) is 3.64. The SMILES string of the molecule is CC1(C)Oc2ccc(NCc3cc(Cl)ccc3Cl)cc2O1. The molecule has 2 aromatic rings. The van der Waals surface area contributed by atoms with E-state index in [2.05, 4.69) is 5.32 Å². The van der Waals surface area contributed by atoms with E-state index in [1.807, 2.05) is 38.1 Å². The van der Waals surface area contributed by atoms with Crippen LogP contribution < -0.4 is 14.8 Å². The van der Waals surface area contributed by atoms with E-state index in [1.54, 1.807) is 12.1 Å². The molecule has 0 atom stereocenters. The van der Waals surface area contributed by atoms with E-state index < -0.39 is 5.79 Å². The summed E-state index contributed by atoms with van der Waals surface area (Å²) in [4.78, 5) is 0. The van der Waals surface area contributed by atoms with Gasteiger partial charge < -0.3 is 14.8 Å². The molecule has 5 heteroatoms. The summed E-state index contributed by atoms with van der Waals surface area (Å²) in [6.45, 7) is 4.35. The Labute approximate surface area is 133 Å². The molecule has 3 nitrogen and oxygen atoms in total. The van der Waals surface area contributed by atoms with Crippen LogP contribution in [0.5, 0.6) is 11.5 Å². The Hall–Kier alpha value is -1.58. The summed E-state index contributed by atoms with van der Waals surface area (Å²) in [7, 11) is 0. The van der Waals surface area contributed by atoms with Gasteiger partial charge in [-0.25, -0.2) is 0 Å². The summed E-state index contributed by atoms with van der Waals surface area (Å²) in [5.41, 5.74) is 1.88. The number of halogens is 2. The molecule has 1 aliphatic rings. The zero-order valence-electron chi connectivity index (χ0n) is 11.7. The minimum Gasteiger partial charge on any atom is -0.449 e. The van der Waals surface area contributed by atoms with Gasteiger partial charge in [0.05, 0.1) is 0 Å². The molecule has 2 aromatic carbocycles. The maximum atomic E-state index is 6.15. The predicted octanol–water partition coefficient (Wildman–Crippen LogP) is 5.11. The Morgan fingerprint density at radius 3 is 2.57 bits per heavy atom. The molecule has 1 aliphatic heterocycles. The number of benzene rings is 2. The van der Waals surface area contributed by atoms with Crippen molar-refractivity contribution >= 4 is 28.9 Å². The number of hydrogen-bond acceptors (Lipinski definition) is 3. The smallest absolute Gasteiger partial charge is 0.246 e. The molecule has 0 aliphatic carbocycles. The van der Waals surface area contributed by atoms with Gasteiger partial charge in [-0.3, -0.25) is 0 Å². The zero-order valence-corrected chi connectivity index (χ0v) is 13.3. The minimum absolute atomic E-state index is 0.586. The fourth-order valence-corrected chi connectivity index (χ4v) is 2.59. The lowest BCUT2D eigenvalue weighted by atomic mass is 10.2. The molecule has 0 saturated carbocycles. The average Bonchev–Trinajstić information content (AvgIpc) is 2.72. The first-order chi connectivity index (χ1) is 9.93. The molecule has 3 rings (SSSR count). The molecule has 0 aromatic heterocycles. The third kappa shape index (κ3) is 3.20. The third-order valence-electron chi connectivity index (χ3n) is 3.15. The van der Waals surface area contributed by atoms with E-state index in [9.17, 15) is 0 Å². The number of nitrogens with one attached hydrogen (secondary N) is 1. The van der Waals surface area contributed by atoms with Gasteiger partial charge in [0.15, 0.2) is 11.5 Å². The van der Waals surface area contributed by atoms with Gasteiger partial charge in [-0.15, -0.1) is 0 Å². The lowest BCUT2D eigenvalue weighted by molar-refractivity contribution is -0.0431. The lowest BCUT2D eigenvalue weighted by Gasteiger charge is -2.16. The van der Waals surface area contributed by atoms with Crippen LogP contribution in [0.2, 0.25) is 10.0 Å². The van der Waals surface area contributed by atoms with Crippen molar-refractivity contribution in [1.82, 2.24) is 0 Å². The summed E-state index contributed by atoms with van der Waals surface area (Å²) in [5.74, 6) is 0.880. The second-order valence-corrected chi connectivity index (χ2v) is 6.20. The minimum atomic E-state index is -0.614. The van der Waals surface area contributed by atoms with Crippen LogP contribution in [0.1, 0.15) is 19.4 Å². The standard InChI is InChI=1S/C16H15Cl2NO2/c1-16(2)20-14-6-4-12(8-15(14)21-16)19-9-10-7-11(17)3-5-13(10)18/h3-8,19H,9H2,1-2H3. The lowest BCUT2D eigenvalue weighted by Crippen LogP contribution is -2.29. The van der Waals surface area contributed by atoms with Crippen LogP contribution in [0.3, 0.4) is 0 Å². The molecule has 110 valence electrons. The van der Waals surface area contributed by atoms with E-state index >= 15 is 0 Å². The van der Waals surface area contributed by atoms with Gasteiger partial charge in [-0.1, -0.05) is 23.2 Å². The Morgan fingerprint density at radius 1 is 1.00 bits per heavy atom. The number of hydrogen-bond donors (Lipinski definition) is 1. The fraction of sp³-hybridized carbons (Fsp3) is 0.250. The summed E-state index contributed by atoms with van der Waals surface area (Å²) in [6, 6.07) is 11.2. The van der Waals surface area contributed by atoms with Crippen molar-refractivity contribution in [3.05, 3.63) is 52.0 Å². The molecule has 0 bridgehead atoms. The van der Waals surface area contributed by atoms with Gasteiger partial charge in [0.1, 0.15) is 0 Å². The van der Waals surface area contributed by atoms with Crippen LogP contribution in [0.4, 0.5) is 5.69 Å². The van der Waals surface area contributed by atoms with Gasteiger partial charge in [0.2, 0.25) is 5.79 Å². The Bertz CT molecular complexity index is 686. The van der Waals surface area contributed by atoms with Crippen molar-refractivity contribution < 1.29 is 9.47 Å². The van der Waals surface area contributed by atoms with E-state index in [1.165, 1.54) is 0 Å². The van der Waals surface area contributed by atoms with Crippen molar-refractivity contribution in [2.75, 3.05) is 5.32 Å². The topological polar surface area (TPSA) is 30.5 Å². The van der Waals surface area contributed by atoms with Crippen LogP contribution in [-0.4, -0.2) is 5.79 Å². The van der Waals surface area contributed by atoms with E-state index in [-0.39, 0.29) is 0 Å². The van der Waals surface area contributed by atoms with E-state index in [4.69, 9.17) is 32.7 Å². The molecule has 21 heavy (non-hydrogen) atoms. The molecule has 1 N–H and O–H groups in total. The molecule has 0 amide bonds. The number of rotatable bonds is 3. The van der Waals surface area contributed by atoms with Crippen molar-refractivity contribution in [2.45, 2.75) is 26.2 Å². The molecule has 0 spiro atoms. The monoisotopic (exact) mass is 323 g/mol. The highest BCUT2D eigenvalue weighted by Crippen LogP contribution is 2.40. The number of fused-ring (bicyclic) bond motifs is 1. The molecular formula is C16H15Cl2NO2. The molecular weight excluding hydrogens is 309 g/mol. The highest BCUT2D eigenvalue weighted by atomic mass is 35.5. The van der Waals surface area contributed by atoms with Crippen molar-refractivity contribution in [3.8, 4) is 11.5 Å². The second kappa shape index (κ2) is 5.32. The summed E-state index contributed by atoms with van der Waals surface area (Å²) in [6.07, 6.45) is 0. The Morgan fingerprint density at radius 2 is 1.76 bits per heavy atom. The van der Waals surface area contributed by atoms with Gasteiger partial charge >= 0.3 is 0 Å². The van der Waals surface area contributed by atoms with E-state index in [0.717, 1.165) is 22.7 Å². The normalized spacial score (nSPS) is 15.0. The number of anilines is 1. The molecule has 1 heterocycles. The average molecular weight is 324 g/mol. The Balaban J connectivity index is 1.74. The quantitative estimate of drug-likeness (QED) is 0.851. The van der Waals surface area contributed by atoms with Gasteiger partial charge in [0, 0.05) is 42.2 Å². The van der Waals surface area contributed by atoms with E-state index in [0.29, 0.717) is 16.6 Å². The van der Waals surface area contributed by atoms with Crippen molar-refractivity contribution in [1.29, 1.82) is 0 Å². The van der Waals surface area contributed by atoms with Crippen molar-refractivity contribution in [2.24, 2.45) is 0 Å². The number of ether oxygens (including phenoxy) is 2. The maximum absolute atomic E-state index is 6.15.